The van der Waals surface area contributed by atoms with E-state index in [9.17, 15) is 15.0 Å². The lowest BCUT2D eigenvalue weighted by atomic mass is 9.69. The molecule has 0 saturated heterocycles. The molecule has 0 radical (unpaired) electrons. The third-order valence-corrected chi connectivity index (χ3v) is 5.04. The maximum atomic E-state index is 11.1. The van der Waals surface area contributed by atoms with Crippen LogP contribution < -0.4 is 0 Å². The van der Waals surface area contributed by atoms with Gasteiger partial charge in [-0.25, -0.2) is 0 Å². The van der Waals surface area contributed by atoms with Gasteiger partial charge in [-0.15, -0.1) is 0 Å². The number of hydrogen-bond donors (Lipinski definition) is 2. The molecule has 4 heteroatoms. The smallest absolute Gasteiger partial charge is 0.302 e. The zero-order valence-electron chi connectivity index (χ0n) is 10.1. The quantitative estimate of drug-likeness (QED) is 0.683. The van der Waals surface area contributed by atoms with E-state index in [1.54, 1.807) is 0 Å². The van der Waals surface area contributed by atoms with Crippen LogP contribution in [0.5, 0.6) is 0 Å². The molecule has 2 aliphatic carbocycles. The van der Waals surface area contributed by atoms with Crippen LogP contribution in [0, 0.1) is 16.7 Å². The van der Waals surface area contributed by atoms with Crippen molar-refractivity contribution in [2.75, 3.05) is 6.61 Å². The highest BCUT2D eigenvalue weighted by atomic mass is 16.5. The molecule has 2 saturated carbocycles. The lowest BCUT2D eigenvalue weighted by Gasteiger charge is -2.39. The summed E-state index contributed by atoms with van der Waals surface area (Å²) in [6.45, 7) is 5.43. The molecule has 92 valence electrons. The Labute approximate surface area is 95.6 Å². The fourth-order valence-corrected chi connectivity index (χ4v) is 3.74. The normalized spacial score (nSPS) is 50.7. The molecule has 0 amide bonds. The first-order valence-corrected chi connectivity index (χ1v) is 5.81. The van der Waals surface area contributed by atoms with Crippen LogP contribution in [0.25, 0.3) is 0 Å². The Bertz CT molecular complexity index is 316. The molecule has 2 bridgehead atoms. The van der Waals surface area contributed by atoms with Gasteiger partial charge in [-0.2, -0.15) is 0 Å². The lowest BCUT2D eigenvalue weighted by Crippen LogP contribution is -2.41. The van der Waals surface area contributed by atoms with Gasteiger partial charge in [0.05, 0.1) is 6.10 Å². The molecule has 2 aliphatic rings. The van der Waals surface area contributed by atoms with Crippen molar-refractivity contribution < 1.29 is 19.7 Å². The Kier molecular flexibility index (Phi) is 2.55. The minimum Gasteiger partial charge on any atom is -0.462 e. The summed E-state index contributed by atoms with van der Waals surface area (Å²) in [7, 11) is 0. The van der Waals surface area contributed by atoms with E-state index in [4.69, 9.17) is 4.74 Å². The highest BCUT2D eigenvalue weighted by Crippen LogP contribution is 2.66. The van der Waals surface area contributed by atoms with Gasteiger partial charge in [0.15, 0.2) is 0 Å². The molecular weight excluding hydrogens is 208 g/mol. The van der Waals surface area contributed by atoms with Crippen LogP contribution in [0.1, 0.15) is 33.6 Å². The molecule has 0 aromatic heterocycles. The molecule has 2 N–H and O–H groups in total. The van der Waals surface area contributed by atoms with Gasteiger partial charge in [-0.1, -0.05) is 13.8 Å². The molecule has 0 aliphatic heterocycles. The predicted molar refractivity (Wildman–Crippen MR) is 57.6 cm³/mol. The summed E-state index contributed by atoms with van der Waals surface area (Å²) in [4.78, 5) is 11.1. The standard InChI is InChI=1S/C12H20O4/c1-7(14)16-10-4-8-9(15)5-11(10,2)12(8,3)6-13/h8-10,13,15H,4-6H2,1-3H3/t8-,9+,10-,11-,12+/m1/s1. The second-order valence-corrected chi connectivity index (χ2v) is 5.70. The Morgan fingerprint density at radius 2 is 2.12 bits per heavy atom. The molecule has 16 heavy (non-hydrogen) atoms. The van der Waals surface area contributed by atoms with Crippen molar-refractivity contribution >= 4 is 5.97 Å². The number of hydrogen-bond acceptors (Lipinski definition) is 4. The van der Waals surface area contributed by atoms with Crippen molar-refractivity contribution in [2.24, 2.45) is 16.7 Å². The van der Waals surface area contributed by atoms with Gasteiger partial charge in [0.25, 0.3) is 0 Å². The fourth-order valence-electron chi connectivity index (χ4n) is 3.74. The SMILES string of the molecule is CC(=O)O[C@@H]1C[C@@H]2[C@@H](O)C[C@@]1(C)[C@@]2(C)CO. The van der Waals surface area contributed by atoms with E-state index in [0.29, 0.717) is 12.8 Å². The third kappa shape index (κ3) is 1.26. The summed E-state index contributed by atoms with van der Waals surface area (Å²) in [6.07, 6.45) is 0.713. The molecule has 0 aromatic carbocycles. The summed E-state index contributed by atoms with van der Waals surface area (Å²) < 4.78 is 5.33. The van der Waals surface area contributed by atoms with Crippen molar-refractivity contribution in [3.63, 3.8) is 0 Å². The van der Waals surface area contributed by atoms with Crippen molar-refractivity contribution in [3.8, 4) is 0 Å². The van der Waals surface area contributed by atoms with Gasteiger partial charge in [-0.05, 0) is 18.8 Å². The average molecular weight is 228 g/mol. The molecule has 2 fully saturated rings. The monoisotopic (exact) mass is 228 g/mol. The Balaban J connectivity index is 2.30. The molecule has 5 atom stereocenters. The van der Waals surface area contributed by atoms with E-state index in [2.05, 4.69) is 0 Å². The van der Waals surface area contributed by atoms with Crippen molar-refractivity contribution in [1.29, 1.82) is 0 Å². The zero-order valence-corrected chi connectivity index (χ0v) is 10.1. The summed E-state index contributed by atoms with van der Waals surface area (Å²) in [5.41, 5.74) is -0.649. The average Bonchev–Trinajstić information content (AvgIpc) is 2.49. The van der Waals surface area contributed by atoms with Crippen LogP contribution in [-0.4, -0.2) is 35.0 Å². The Morgan fingerprint density at radius 3 is 2.56 bits per heavy atom. The van der Waals surface area contributed by atoms with Crippen LogP contribution >= 0.6 is 0 Å². The van der Waals surface area contributed by atoms with Crippen LogP contribution in [0.4, 0.5) is 0 Å². The second kappa shape index (κ2) is 3.44. The Hall–Kier alpha value is -0.610. The lowest BCUT2D eigenvalue weighted by molar-refractivity contribution is -0.156. The summed E-state index contributed by atoms with van der Waals surface area (Å²) in [5.74, 6) is -0.250. The first kappa shape index (κ1) is 11.9. The zero-order chi connectivity index (χ0) is 12.1. The van der Waals surface area contributed by atoms with Gasteiger partial charge in [-0.3, -0.25) is 4.79 Å². The van der Waals surface area contributed by atoms with Crippen LogP contribution in [0.15, 0.2) is 0 Å². The van der Waals surface area contributed by atoms with Crippen molar-refractivity contribution in [3.05, 3.63) is 0 Å². The van der Waals surface area contributed by atoms with Crippen LogP contribution in [0.3, 0.4) is 0 Å². The molecule has 0 unspecified atom stereocenters. The van der Waals surface area contributed by atoms with Gasteiger partial charge in [0, 0.05) is 24.4 Å². The molecule has 0 heterocycles. The number of fused-ring (bicyclic) bond motifs is 2. The molecule has 0 spiro atoms. The van der Waals surface area contributed by atoms with Gasteiger partial charge in [0.2, 0.25) is 0 Å². The maximum Gasteiger partial charge on any atom is 0.302 e. The largest absolute Gasteiger partial charge is 0.462 e. The molecular formula is C12H20O4. The number of ether oxygens (including phenoxy) is 1. The number of carbonyl (C=O) groups is 1. The number of aliphatic hydroxyl groups is 2. The van der Waals surface area contributed by atoms with E-state index in [1.165, 1.54) is 6.92 Å². The van der Waals surface area contributed by atoms with Gasteiger partial charge in [0.1, 0.15) is 6.10 Å². The van der Waals surface area contributed by atoms with E-state index in [1.807, 2.05) is 13.8 Å². The molecule has 4 nitrogen and oxygen atoms in total. The third-order valence-electron chi connectivity index (χ3n) is 5.04. The summed E-state index contributed by atoms with van der Waals surface area (Å²) >= 11 is 0. The minimum atomic E-state index is -0.381. The number of carbonyl (C=O) groups excluding carboxylic acids is 1. The topological polar surface area (TPSA) is 66.8 Å². The second-order valence-electron chi connectivity index (χ2n) is 5.70. The number of rotatable bonds is 2. The maximum absolute atomic E-state index is 11.1. The predicted octanol–water partition coefficient (Wildman–Crippen LogP) is 0.708. The number of aliphatic hydroxyl groups excluding tert-OH is 2. The van der Waals surface area contributed by atoms with Crippen LogP contribution in [0.2, 0.25) is 0 Å². The summed E-state index contributed by atoms with van der Waals surface area (Å²) in [5, 5.41) is 19.5. The van der Waals surface area contributed by atoms with E-state index < -0.39 is 0 Å². The van der Waals surface area contributed by atoms with E-state index in [0.717, 1.165) is 0 Å². The first-order chi connectivity index (χ1) is 7.35. The fraction of sp³-hybridized carbons (Fsp3) is 0.917. The number of esters is 1. The van der Waals surface area contributed by atoms with Gasteiger partial charge >= 0.3 is 5.97 Å². The Morgan fingerprint density at radius 1 is 1.50 bits per heavy atom. The summed E-state index contributed by atoms with van der Waals surface area (Å²) in [6, 6.07) is 0. The first-order valence-electron chi connectivity index (χ1n) is 5.81. The van der Waals surface area contributed by atoms with Gasteiger partial charge < -0.3 is 14.9 Å². The highest BCUT2D eigenvalue weighted by Gasteiger charge is 2.68. The van der Waals surface area contributed by atoms with E-state index >= 15 is 0 Å². The van der Waals surface area contributed by atoms with Crippen LogP contribution in [-0.2, 0) is 9.53 Å². The van der Waals surface area contributed by atoms with Crippen molar-refractivity contribution in [1.82, 2.24) is 0 Å². The van der Waals surface area contributed by atoms with E-state index in [-0.39, 0.29) is 41.5 Å². The molecule has 0 aromatic rings. The highest BCUT2D eigenvalue weighted by molar-refractivity contribution is 5.66. The molecule has 2 rings (SSSR count). The minimum absolute atomic E-state index is 0.0307. The van der Waals surface area contributed by atoms with Crippen molar-refractivity contribution in [2.45, 2.75) is 45.8 Å².